The number of aliphatic hydroxyl groups excluding tert-OH is 1. The van der Waals surface area contributed by atoms with Crippen molar-refractivity contribution < 1.29 is 19.8 Å². The van der Waals surface area contributed by atoms with Gasteiger partial charge in [-0.05, 0) is 0 Å². The number of carbonyl (C=O) groups is 2. The number of carbonyl (C=O) groups excluding carboxylic acids is 1. The van der Waals surface area contributed by atoms with Crippen molar-refractivity contribution in [2.45, 2.75) is 12.5 Å². The van der Waals surface area contributed by atoms with Crippen LogP contribution >= 0.6 is 11.3 Å². The van der Waals surface area contributed by atoms with E-state index >= 15 is 0 Å². The number of aliphatic hydroxyl groups is 1. The Labute approximate surface area is 89.6 Å². The Morgan fingerprint density at radius 3 is 2.87 bits per heavy atom. The summed E-state index contributed by atoms with van der Waals surface area (Å²) in [5.74, 6) is -1.66. The average molecular weight is 230 g/mol. The SMILES string of the molecule is O=C(NCC[C@H](O)C(=O)O)c1cscn1. The molecule has 1 amide bonds. The van der Waals surface area contributed by atoms with Gasteiger partial charge in [0.1, 0.15) is 5.69 Å². The zero-order chi connectivity index (χ0) is 11.3. The second-order valence-electron chi connectivity index (χ2n) is 2.77. The lowest BCUT2D eigenvalue weighted by molar-refractivity contribution is -0.146. The number of aliphatic carboxylic acids is 1. The summed E-state index contributed by atoms with van der Waals surface area (Å²) in [4.78, 5) is 25.3. The summed E-state index contributed by atoms with van der Waals surface area (Å²) in [6.07, 6.45) is -1.47. The third-order valence-electron chi connectivity index (χ3n) is 1.65. The van der Waals surface area contributed by atoms with E-state index in [1.165, 1.54) is 16.8 Å². The number of carboxylic acids is 1. The smallest absolute Gasteiger partial charge is 0.332 e. The number of amides is 1. The second kappa shape index (κ2) is 5.42. The Hall–Kier alpha value is -1.47. The van der Waals surface area contributed by atoms with Gasteiger partial charge in [-0.15, -0.1) is 11.3 Å². The lowest BCUT2D eigenvalue weighted by atomic mass is 10.2. The molecule has 0 radical (unpaired) electrons. The summed E-state index contributed by atoms with van der Waals surface area (Å²) >= 11 is 1.30. The first-order valence-corrected chi connectivity index (χ1v) is 5.13. The van der Waals surface area contributed by atoms with Gasteiger partial charge >= 0.3 is 5.97 Å². The number of carboxylic acid groups (broad SMARTS) is 1. The minimum Gasteiger partial charge on any atom is -0.479 e. The summed E-state index contributed by atoms with van der Waals surface area (Å²) in [7, 11) is 0. The molecule has 1 aromatic rings. The van der Waals surface area contributed by atoms with Crippen molar-refractivity contribution in [3.05, 3.63) is 16.6 Å². The number of hydrogen-bond donors (Lipinski definition) is 3. The van der Waals surface area contributed by atoms with Gasteiger partial charge in [-0.1, -0.05) is 0 Å². The Bertz CT molecular complexity index is 338. The summed E-state index contributed by atoms with van der Waals surface area (Å²) in [5.41, 5.74) is 1.82. The molecule has 0 aromatic carbocycles. The highest BCUT2D eigenvalue weighted by atomic mass is 32.1. The van der Waals surface area contributed by atoms with Crippen LogP contribution in [0.4, 0.5) is 0 Å². The van der Waals surface area contributed by atoms with E-state index in [0.717, 1.165) is 0 Å². The topological polar surface area (TPSA) is 99.5 Å². The molecule has 15 heavy (non-hydrogen) atoms. The van der Waals surface area contributed by atoms with Crippen molar-refractivity contribution in [1.29, 1.82) is 0 Å². The third-order valence-corrected chi connectivity index (χ3v) is 2.24. The molecule has 0 aliphatic heterocycles. The van der Waals surface area contributed by atoms with Gasteiger partial charge in [0.2, 0.25) is 0 Å². The van der Waals surface area contributed by atoms with Crippen molar-refractivity contribution >= 4 is 23.2 Å². The molecule has 0 aliphatic rings. The fourth-order valence-corrected chi connectivity index (χ4v) is 1.39. The number of nitrogens with one attached hydrogen (secondary N) is 1. The molecule has 0 bridgehead atoms. The molecule has 0 spiro atoms. The quantitative estimate of drug-likeness (QED) is 0.645. The molecule has 1 heterocycles. The van der Waals surface area contributed by atoms with E-state index in [2.05, 4.69) is 10.3 Å². The van der Waals surface area contributed by atoms with Crippen molar-refractivity contribution in [1.82, 2.24) is 10.3 Å². The zero-order valence-corrected chi connectivity index (χ0v) is 8.53. The Morgan fingerprint density at radius 2 is 2.33 bits per heavy atom. The van der Waals surface area contributed by atoms with E-state index in [1.807, 2.05) is 0 Å². The van der Waals surface area contributed by atoms with Crippen LogP contribution in [0.1, 0.15) is 16.9 Å². The van der Waals surface area contributed by atoms with Crippen LogP contribution in [-0.2, 0) is 4.79 Å². The molecule has 6 nitrogen and oxygen atoms in total. The van der Waals surface area contributed by atoms with Crippen LogP contribution in [-0.4, -0.2) is 39.7 Å². The largest absolute Gasteiger partial charge is 0.479 e. The number of aromatic nitrogens is 1. The van der Waals surface area contributed by atoms with Crippen LogP contribution in [0.2, 0.25) is 0 Å². The van der Waals surface area contributed by atoms with Crippen molar-refractivity contribution in [2.24, 2.45) is 0 Å². The van der Waals surface area contributed by atoms with Gasteiger partial charge in [0.15, 0.2) is 6.10 Å². The number of thiazole rings is 1. The van der Waals surface area contributed by atoms with Crippen LogP contribution in [0.5, 0.6) is 0 Å². The molecule has 82 valence electrons. The Morgan fingerprint density at radius 1 is 1.60 bits per heavy atom. The molecule has 1 atom stereocenters. The van der Waals surface area contributed by atoms with Gasteiger partial charge in [0.25, 0.3) is 5.91 Å². The van der Waals surface area contributed by atoms with Crippen molar-refractivity contribution in [3.63, 3.8) is 0 Å². The third kappa shape index (κ3) is 3.64. The van der Waals surface area contributed by atoms with Crippen LogP contribution in [0.25, 0.3) is 0 Å². The van der Waals surface area contributed by atoms with Gasteiger partial charge in [-0.3, -0.25) is 4.79 Å². The minimum atomic E-state index is -1.44. The fourth-order valence-electron chi connectivity index (χ4n) is 0.861. The Balaban J connectivity index is 2.27. The maximum atomic E-state index is 11.3. The second-order valence-corrected chi connectivity index (χ2v) is 3.49. The van der Waals surface area contributed by atoms with E-state index in [0.29, 0.717) is 5.69 Å². The fraction of sp³-hybridized carbons (Fsp3) is 0.375. The first-order valence-electron chi connectivity index (χ1n) is 4.18. The summed E-state index contributed by atoms with van der Waals surface area (Å²) in [6, 6.07) is 0. The van der Waals surface area contributed by atoms with E-state index in [4.69, 9.17) is 10.2 Å². The van der Waals surface area contributed by atoms with E-state index < -0.39 is 12.1 Å². The predicted octanol–water partition coefficient (Wildman–Crippen LogP) is -0.292. The average Bonchev–Trinajstić information content (AvgIpc) is 2.70. The molecule has 0 fully saturated rings. The highest BCUT2D eigenvalue weighted by molar-refractivity contribution is 7.07. The van der Waals surface area contributed by atoms with Crippen LogP contribution in [0, 0.1) is 0 Å². The molecule has 7 heteroatoms. The first kappa shape index (κ1) is 11.6. The van der Waals surface area contributed by atoms with Gasteiger partial charge in [0, 0.05) is 18.3 Å². The Kier molecular flexibility index (Phi) is 4.19. The highest BCUT2D eigenvalue weighted by Gasteiger charge is 2.13. The predicted molar refractivity (Wildman–Crippen MR) is 52.7 cm³/mol. The summed E-state index contributed by atoms with van der Waals surface area (Å²) < 4.78 is 0. The molecular weight excluding hydrogens is 220 g/mol. The van der Waals surface area contributed by atoms with E-state index in [-0.39, 0.29) is 18.9 Å². The van der Waals surface area contributed by atoms with Gasteiger partial charge in [0.05, 0.1) is 5.51 Å². The molecule has 0 aliphatic carbocycles. The molecule has 3 N–H and O–H groups in total. The van der Waals surface area contributed by atoms with E-state index in [1.54, 1.807) is 5.38 Å². The van der Waals surface area contributed by atoms with Gasteiger partial charge in [-0.2, -0.15) is 0 Å². The van der Waals surface area contributed by atoms with Crippen LogP contribution in [0.15, 0.2) is 10.9 Å². The maximum absolute atomic E-state index is 11.3. The van der Waals surface area contributed by atoms with Crippen LogP contribution < -0.4 is 5.32 Å². The molecular formula is C8H10N2O4S. The molecule has 1 rings (SSSR count). The van der Waals surface area contributed by atoms with Crippen LogP contribution in [0.3, 0.4) is 0 Å². The summed E-state index contributed by atoms with van der Waals surface area (Å²) in [6.45, 7) is 0.101. The highest BCUT2D eigenvalue weighted by Crippen LogP contribution is 2.00. The van der Waals surface area contributed by atoms with E-state index in [9.17, 15) is 9.59 Å². The van der Waals surface area contributed by atoms with Gasteiger partial charge in [-0.25, -0.2) is 9.78 Å². The number of rotatable bonds is 5. The maximum Gasteiger partial charge on any atom is 0.332 e. The van der Waals surface area contributed by atoms with Gasteiger partial charge < -0.3 is 15.5 Å². The summed E-state index contributed by atoms with van der Waals surface area (Å²) in [5, 5.41) is 21.3. The molecule has 1 aromatic heterocycles. The normalized spacial score (nSPS) is 12.1. The lowest BCUT2D eigenvalue weighted by Crippen LogP contribution is -2.30. The first-order chi connectivity index (χ1) is 7.11. The lowest BCUT2D eigenvalue weighted by Gasteiger charge is -2.05. The molecule has 0 unspecified atom stereocenters. The zero-order valence-electron chi connectivity index (χ0n) is 7.71. The molecule has 0 saturated carbocycles. The minimum absolute atomic E-state index is 0.0226. The van der Waals surface area contributed by atoms with Crippen molar-refractivity contribution in [2.75, 3.05) is 6.54 Å². The monoisotopic (exact) mass is 230 g/mol. The molecule has 0 saturated heterocycles. The van der Waals surface area contributed by atoms with Crippen molar-refractivity contribution in [3.8, 4) is 0 Å². The standard InChI is InChI=1S/C8H10N2O4S/c11-6(8(13)14)1-2-9-7(12)5-3-15-4-10-5/h3-4,6,11H,1-2H2,(H,9,12)(H,13,14)/t6-/m0/s1. The number of nitrogens with zero attached hydrogens (tertiary/aromatic N) is 1. The number of hydrogen-bond acceptors (Lipinski definition) is 5.